The van der Waals surface area contributed by atoms with E-state index in [9.17, 15) is 8.42 Å². The summed E-state index contributed by atoms with van der Waals surface area (Å²) < 4.78 is 42.5. The number of rotatable bonds is 6. The van der Waals surface area contributed by atoms with Crippen LogP contribution in [0.15, 0.2) is 38.1 Å². The second-order valence-corrected chi connectivity index (χ2v) is 6.91. The summed E-state index contributed by atoms with van der Waals surface area (Å²) >= 11 is 0. The fraction of sp³-hybridized carbons (Fsp3) is 0.267. The topological polar surface area (TPSA) is 120 Å². The van der Waals surface area contributed by atoms with Crippen molar-refractivity contribution in [1.82, 2.24) is 20.1 Å². The Bertz CT molecular complexity index is 956. The average molecular weight is 364 g/mol. The molecule has 0 unspecified atom stereocenters. The van der Waals surface area contributed by atoms with E-state index in [0.717, 1.165) is 0 Å². The molecule has 9 nitrogen and oxygen atoms in total. The lowest BCUT2D eigenvalue weighted by atomic mass is 10.2. The van der Waals surface area contributed by atoms with Crippen molar-refractivity contribution in [3.05, 3.63) is 41.6 Å². The van der Waals surface area contributed by atoms with E-state index >= 15 is 0 Å². The van der Waals surface area contributed by atoms with Crippen molar-refractivity contribution < 1.29 is 22.1 Å². The molecule has 3 rings (SSSR count). The normalized spacial score (nSPS) is 11.6. The molecule has 25 heavy (non-hydrogen) atoms. The molecule has 0 saturated heterocycles. The van der Waals surface area contributed by atoms with E-state index in [-0.39, 0.29) is 34.7 Å². The second kappa shape index (κ2) is 6.65. The summed E-state index contributed by atoms with van der Waals surface area (Å²) in [7, 11) is -2.22. The first kappa shape index (κ1) is 17.1. The lowest BCUT2D eigenvalue weighted by Gasteiger charge is -2.03. The van der Waals surface area contributed by atoms with Crippen LogP contribution in [0.5, 0.6) is 5.75 Å². The van der Waals surface area contributed by atoms with Gasteiger partial charge in [-0.25, -0.2) is 13.1 Å². The smallest absolute Gasteiger partial charge is 0.247 e. The summed E-state index contributed by atoms with van der Waals surface area (Å²) in [6.45, 7) is 2.94. The lowest BCUT2D eigenvalue weighted by Crippen LogP contribution is -2.24. The number of nitrogens with one attached hydrogen (secondary N) is 1. The standard InChI is InChI=1S/C15H16N4O5S/c1-9-14(10(2)24-19-9)25(20,21)16-8-13-17-18-15(23-13)11-4-6-12(22-3)7-5-11/h4-7,16H,8H2,1-3H3. The summed E-state index contributed by atoms with van der Waals surface area (Å²) in [6, 6.07) is 7.06. The maximum Gasteiger partial charge on any atom is 0.247 e. The van der Waals surface area contributed by atoms with Crippen molar-refractivity contribution in [2.45, 2.75) is 25.3 Å². The zero-order valence-electron chi connectivity index (χ0n) is 13.8. The summed E-state index contributed by atoms with van der Waals surface area (Å²) in [5, 5.41) is 11.4. The number of ether oxygens (including phenoxy) is 1. The van der Waals surface area contributed by atoms with Gasteiger partial charge in [0.25, 0.3) is 0 Å². The van der Waals surface area contributed by atoms with Crippen molar-refractivity contribution in [2.24, 2.45) is 0 Å². The lowest BCUT2D eigenvalue weighted by molar-refractivity contribution is 0.390. The predicted molar refractivity (Wildman–Crippen MR) is 86.3 cm³/mol. The molecule has 0 radical (unpaired) electrons. The molecule has 0 atom stereocenters. The fourth-order valence-corrected chi connectivity index (χ4v) is 3.56. The van der Waals surface area contributed by atoms with Crippen molar-refractivity contribution in [2.75, 3.05) is 7.11 Å². The third-order valence-corrected chi connectivity index (χ3v) is 5.10. The van der Waals surface area contributed by atoms with Gasteiger partial charge in [-0.3, -0.25) is 0 Å². The Morgan fingerprint density at radius 3 is 2.48 bits per heavy atom. The van der Waals surface area contributed by atoms with Crippen LogP contribution in [0.1, 0.15) is 17.3 Å². The molecule has 132 valence electrons. The van der Waals surface area contributed by atoms with Gasteiger partial charge in [0.1, 0.15) is 16.3 Å². The van der Waals surface area contributed by atoms with Gasteiger partial charge in [-0.1, -0.05) is 5.16 Å². The SMILES string of the molecule is COc1ccc(-c2nnc(CNS(=O)(=O)c3c(C)noc3C)o2)cc1. The Hall–Kier alpha value is -2.72. The monoisotopic (exact) mass is 364 g/mol. The van der Waals surface area contributed by atoms with Crippen LogP contribution in [0, 0.1) is 13.8 Å². The maximum atomic E-state index is 12.3. The highest BCUT2D eigenvalue weighted by Crippen LogP contribution is 2.22. The molecule has 0 saturated carbocycles. The molecule has 2 heterocycles. The van der Waals surface area contributed by atoms with Gasteiger partial charge in [0, 0.05) is 5.56 Å². The van der Waals surface area contributed by atoms with E-state index in [1.165, 1.54) is 6.92 Å². The molecule has 1 N–H and O–H groups in total. The van der Waals surface area contributed by atoms with E-state index < -0.39 is 10.0 Å². The van der Waals surface area contributed by atoms with Gasteiger partial charge in [0.05, 0.1) is 13.7 Å². The average Bonchev–Trinajstić information content (AvgIpc) is 3.20. The maximum absolute atomic E-state index is 12.3. The largest absolute Gasteiger partial charge is 0.497 e. The van der Waals surface area contributed by atoms with Crippen LogP contribution in [0.4, 0.5) is 0 Å². The van der Waals surface area contributed by atoms with Crippen LogP contribution in [-0.4, -0.2) is 30.9 Å². The van der Waals surface area contributed by atoms with Crippen LogP contribution in [0.3, 0.4) is 0 Å². The Kier molecular flexibility index (Phi) is 4.55. The minimum atomic E-state index is -3.79. The van der Waals surface area contributed by atoms with Gasteiger partial charge in [0.15, 0.2) is 5.76 Å². The van der Waals surface area contributed by atoms with Gasteiger partial charge in [-0.15, -0.1) is 10.2 Å². The minimum Gasteiger partial charge on any atom is -0.497 e. The van der Waals surface area contributed by atoms with Gasteiger partial charge in [-0.05, 0) is 38.1 Å². The highest BCUT2D eigenvalue weighted by atomic mass is 32.2. The van der Waals surface area contributed by atoms with Gasteiger partial charge < -0.3 is 13.7 Å². The van der Waals surface area contributed by atoms with Crippen molar-refractivity contribution in [1.29, 1.82) is 0 Å². The van der Waals surface area contributed by atoms with Crippen molar-refractivity contribution >= 4 is 10.0 Å². The van der Waals surface area contributed by atoms with Crippen molar-refractivity contribution in [3.63, 3.8) is 0 Å². The van der Waals surface area contributed by atoms with E-state index in [0.29, 0.717) is 11.3 Å². The minimum absolute atomic E-state index is 0.0161. The number of benzene rings is 1. The van der Waals surface area contributed by atoms with Crippen LogP contribution in [0.25, 0.3) is 11.5 Å². The summed E-state index contributed by atoms with van der Waals surface area (Å²) in [5.74, 6) is 1.35. The summed E-state index contributed by atoms with van der Waals surface area (Å²) in [6.07, 6.45) is 0. The first-order chi connectivity index (χ1) is 11.9. The Balaban J connectivity index is 1.73. The molecule has 0 aliphatic carbocycles. The Labute approximate surface area is 144 Å². The number of nitrogens with zero attached hydrogens (tertiary/aromatic N) is 3. The van der Waals surface area contributed by atoms with Crippen LogP contribution >= 0.6 is 0 Å². The molecule has 0 amide bonds. The predicted octanol–water partition coefficient (Wildman–Crippen LogP) is 1.83. The second-order valence-electron chi connectivity index (χ2n) is 5.21. The third kappa shape index (κ3) is 3.54. The van der Waals surface area contributed by atoms with Crippen molar-refractivity contribution in [3.8, 4) is 17.2 Å². The number of aromatic nitrogens is 3. The molecule has 0 bridgehead atoms. The van der Waals surface area contributed by atoms with Gasteiger partial charge in [0.2, 0.25) is 21.8 Å². The van der Waals surface area contributed by atoms with Gasteiger partial charge >= 0.3 is 0 Å². The molecular formula is C15H16N4O5S. The number of methoxy groups -OCH3 is 1. The third-order valence-electron chi connectivity index (χ3n) is 3.45. The molecule has 0 aliphatic heterocycles. The van der Waals surface area contributed by atoms with E-state index in [1.807, 2.05) is 0 Å². The fourth-order valence-electron chi connectivity index (χ4n) is 2.26. The molecule has 10 heteroatoms. The number of sulfonamides is 1. The first-order valence-electron chi connectivity index (χ1n) is 7.30. The molecule has 3 aromatic rings. The zero-order valence-corrected chi connectivity index (χ0v) is 14.6. The quantitative estimate of drug-likeness (QED) is 0.703. The Morgan fingerprint density at radius 2 is 1.88 bits per heavy atom. The number of aryl methyl sites for hydroxylation is 2. The molecule has 0 spiro atoms. The van der Waals surface area contributed by atoms with Crippen LogP contribution in [-0.2, 0) is 16.6 Å². The van der Waals surface area contributed by atoms with E-state index in [4.69, 9.17) is 13.7 Å². The number of hydrogen-bond acceptors (Lipinski definition) is 8. The molecular weight excluding hydrogens is 348 g/mol. The zero-order chi connectivity index (χ0) is 18.0. The van der Waals surface area contributed by atoms with E-state index in [2.05, 4.69) is 20.1 Å². The summed E-state index contributed by atoms with van der Waals surface area (Å²) in [5.41, 5.74) is 0.989. The highest BCUT2D eigenvalue weighted by molar-refractivity contribution is 7.89. The Morgan fingerprint density at radius 1 is 1.16 bits per heavy atom. The van der Waals surface area contributed by atoms with Crippen LogP contribution < -0.4 is 9.46 Å². The summed E-state index contributed by atoms with van der Waals surface area (Å²) in [4.78, 5) is 0.0161. The van der Waals surface area contributed by atoms with Gasteiger partial charge in [-0.2, -0.15) is 0 Å². The molecule has 0 fully saturated rings. The highest BCUT2D eigenvalue weighted by Gasteiger charge is 2.24. The molecule has 1 aromatic carbocycles. The molecule has 0 aliphatic rings. The van der Waals surface area contributed by atoms with E-state index in [1.54, 1.807) is 38.3 Å². The first-order valence-corrected chi connectivity index (χ1v) is 8.78. The molecule has 2 aromatic heterocycles. The van der Waals surface area contributed by atoms with Crippen LogP contribution in [0.2, 0.25) is 0 Å². The number of hydrogen-bond donors (Lipinski definition) is 1.